The monoisotopic (exact) mass is 211 g/mol. The Kier molecular flexibility index (Phi) is 6.04. The Labute approximate surface area is 91.6 Å². The zero-order valence-corrected chi connectivity index (χ0v) is 9.70. The van der Waals surface area contributed by atoms with Crippen molar-refractivity contribution >= 4 is 0 Å². The fourth-order valence-electron chi connectivity index (χ4n) is 1.42. The van der Waals surface area contributed by atoms with Crippen molar-refractivity contribution in [3.63, 3.8) is 0 Å². The average molecular weight is 211 g/mol. The summed E-state index contributed by atoms with van der Waals surface area (Å²) in [5, 5.41) is 7.63. The molecule has 0 radical (unpaired) electrons. The van der Waals surface area contributed by atoms with E-state index < -0.39 is 0 Å². The lowest BCUT2D eigenvalue weighted by Gasteiger charge is -2.01. The van der Waals surface area contributed by atoms with E-state index in [1.165, 1.54) is 5.56 Å². The Balaban J connectivity index is 2.14. The van der Waals surface area contributed by atoms with Crippen molar-refractivity contribution in [2.45, 2.75) is 32.9 Å². The van der Waals surface area contributed by atoms with Crippen LogP contribution in [-0.4, -0.2) is 30.0 Å². The van der Waals surface area contributed by atoms with Gasteiger partial charge in [0.1, 0.15) is 0 Å². The van der Waals surface area contributed by atoms with Gasteiger partial charge in [0, 0.05) is 38.6 Å². The molecule has 0 saturated heterocycles. The number of hydrogen-bond donors (Lipinski definition) is 1. The lowest BCUT2D eigenvalue weighted by atomic mass is 10.3. The Bertz CT molecular complexity index is 260. The third kappa shape index (κ3) is 4.95. The van der Waals surface area contributed by atoms with Gasteiger partial charge in [-0.1, -0.05) is 6.92 Å². The lowest BCUT2D eigenvalue weighted by Crippen LogP contribution is -2.15. The summed E-state index contributed by atoms with van der Waals surface area (Å²) in [4.78, 5) is 0. The molecule has 86 valence electrons. The quantitative estimate of drug-likeness (QED) is 0.661. The minimum absolute atomic E-state index is 0.822. The number of nitrogens with zero attached hydrogens (tertiary/aromatic N) is 2. The number of ether oxygens (including phenoxy) is 1. The fourth-order valence-corrected chi connectivity index (χ4v) is 1.42. The Morgan fingerprint density at radius 3 is 3.13 bits per heavy atom. The summed E-state index contributed by atoms with van der Waals surface area (Å²) in [5.74, 6) is 0. The molecule has 0 aromatic carbocycles. The van der Waals surface area contributed by atoms with Gasteiger partial charge < -0.3 is 10.1 Å². The van der Waals surface area contributed by atoms with Crippen molar-refractivity contribution in [1.82, 2.24) is 15.1 Å². The minimum Gasteiger partial charge on any atom is -0.385 e. The fraction of sp³-hybridized carbons (Fsp3) is 0.727. The highest BCUT2D eigenvalue weighted by Crippen LogP contribution is 1.98. The number of rotatable bonds is 8. The maximum atomic E-state index is 4.97. The van der Waals surface area contributed by atoms with E-state index >= 15 is 0 Å². The predicted molar refractivity (Wildman–Crippen MR) is 60.7 cm³/mol. The summed E-state index contributed by atoms with van der Waals surface area (Å²) in [6.07, 6.45) is 6.22. The molecular formula is C11H21N3O. The van der Waals surface area contributed by atoms with Crippen molar-refractivity contribution in [1.29, 1.82) is 0 Å². The topological polar surface area (TPSA) is 39.1 Å². The zero-order valence-electron chi connectivity index (χ0n) is 9.70. The summed E-state index contributed by atoms with van der Waals surface area (Å²) in [6.45, 7) is 5.87. The van der Waals surface area contributed by atoms with Gasteiger partial charge >= 0.3 is 0 Å². The maximum absolute atomic E-state index is 4.97. The minimum atomic E-state index is 0.822. The molecule has 1 N–H and O–H groups in total. The standard InChI is InChI=1S/C11H21N3O/c1-3-6-14-10-11(9-13-14)8-12-5-4-7-15-2/h9-10,12H,3-8H2,1-2H3. The van der Waals surface area contributed by atoms with Gasteiger partial charge in [0.2, 0.25) is 0 Å². The average Bonchev–Trinajstić information content (AvgIpc) is 2.66. The molecule has 0 fully saturated rings. The van der Waals surface area contributed by atoms with Crippen molar-refractivity contribution in [2.75, 3.05) is 20.3 Å². The van der Waals surface area contributed by atoms with Crippen LogP contribution in [0.15, 0.2) is 12.4 Å². The van der Waals surface area contributed by atoms with Crippen LogP contribution in [0.2, 0.25) is 0 Å². The molecule has 4 heteroatoms. The number of aryl methyl sites for hydroxylation is 1. The molecule has 4 nitrogen and oxygen atoms in total. The van der Waals surface area contributed by atoms with Gasteiger partial charge in [-0.15, -0.1) is 0 Å². The molecule has 1 rings (SSSR count). The van der Waals surface area contributed by atoms with Gasteiger partial charge in [-0.3, -0.25) is 4.68 Å². The third-order valence-corrected chi connectivity index (χ3v) is 2.17. The molecule has 0 unspecified atom stereocenters. The molecule has 1 heterocycles. The smallest absolute Gasteiger partial charge is 0.0534 e. The van der Waals surface area contributed by atoms with Crippen LogP contribution in [0.5, 0.6) is 0 Å². The van der Waals surface area contributed by atoms with E-state index in [1.807, 2.05) is 10.9 Å². The second kappa shape index (κ2) is 7.43. The molecule has 0 aliphatic carbocycles. The molecule has 15 heavy (non-hydrogen) atoms. The summed E-state index contributed by atoms with van der Waals surface area (Å²) < 4.78 is 6.97. The molecule has 0 bridgehead atoms. The Morgan fingerprint density at radius 2 is 2.40 bits per heavy atom. The van der Waals surface area contributed by atoms with E-state index in [0.29, 0.717) is 0 Å². The largest absolute Gasteiger partial charge is 0.385 e. The van der Waals surface area contributed by atoms with Crippen molar-refractivity contribution < 1.29 is 4.74 Å². The summed E-state index contributed by atoms with van der Waals surface area (Å²) in [5.41, 5.74) is 1.25. The molecule has 0 aliphatic rings. The van der Waals surface area contributed by atoms with Crippen molar-refractivity contribution in [3.05, 3.63) is 18.0 Å². The molecule has 0 amide bonds. The van der Waals surface area contributed by atoms with Crippen LogP contribution in [0, 0.1) is 0 Å². The van der Waals surface area contributed by atoms with Crippen molar-refractivity contribution in [3.8, 4) is 0 Å². The first-order chi connectivity index (χ1) is 7.36. The van der Waals surface area contributed by atoms with Crippen molar-refractivity contribution in [2.24, 2.45) is 0 Å². The van der Waals surface area contributed by atoms with Crippen LogP contribution in [0.3, 0.4) is 0 Å². The number of hydrogen-bond acceptors (Lipinski definition) is 3. The summed E-state index contributed by atoms with van der Waals surface area (Å²) in [6, 6.07) is 0. The van der Waals surface area contributed by atoms with E-state index in [0.717, 1.165) is 39.1 Å². The van der Waals surface area contributed by atoms with Crippen LogP contribution >= 0.6 is 0 Å². The molecule has 1 aromatic heterocycles. The van der Waals surface area contributed by atoms with Gasteiger partial charge in [0.25, 0.3) is 0 Å². The number of methoxy groups -OCH3 is 1. The first-order valence-electron chi connectivity index (χ1n) is 5.57. The van der Waals surface area contributed by atoms with Gasteiger partial charge in [-0.05, 0) is 19.4 Å². The number of nitrogens with one attached hydrogen (secondary N) is 1. The van der Waals surface area contributed by atoms with E-state index in [-0.39, 0.29) is 0 Å². The Hall–Kier alpha value is -0.870. The highest BCUT2D eigenvalue weighted by Gasteiger charge is 1.96. The highest BCUT2D eigenvalue weighted by atomic mass is 16.5. The second-order valence-corrected chi connectivity index (χ2v) is 3.63. The first kappa shape index (κ1) is 12.2. The summed E-state index contributed by atoms with van der Waals surface area (Å²) >= 11 is 0. The van der Waals surface area contributed by atoms with Crippen LogP contribution in [-0.2, 0) is 17.8 Å². The second-order valence-electron chi connectivity index (χ2n) is 3.63. The SMILES string of the molecule is CCCn1cc(CNCCCOC)cn1. The van der Waals surface area contributed by atoms with Gasteiger partial charge in [0.05, 0.1) is 6.20 Å². The molecule has 1 aromatic rings. The summed E-state index contributed by atoms with van der Waals surface area (Å²) in [7, 11) is 1.73. The van der Waals surface area contributed by atoms with Crippen LogP contribution in [0.4, 0.5) is 0 Å². The first-order valence-corrected chi connectivity index (χ1v) is 5.57. The van der Waals surface area contributed by atoms with Gasteiger partial charge in [0.15, 0.2) is 0 Å². The van der Waals surface area contributed by atoms with Gasteiger partial charge in [-0.25, -0.2) is 0 Å². The number of aromatic nitrogens is 2. The highest BCUT2D eigenvalue weighted by molar-refractivity contribution is 5.03. The maximum Gasteiger partial charge on any atom is 0.0534 e. The molecule has 0 atom stereocenters. The van der Waals surface area contributed by atoms with Crippen LogP contribution in [0.25, 0.3) is 0 Å². The molecule has 0 spiro atoms. The third-order valence-electron chi connectivity index (χ3n) is 2.17. The lowest BCUT2D eigenvalue weighted by molar-refractivity contribution is 0.194. The van der Waals surface area contributed by atoms with E-state index in [9.17, 15) is 0 Å². The molecular weight excluding hydrogens is 190 g/mol. The predicted octanol–water partition coefficient (Wildman–Crippen LogP) is 1.42. The normalized spacial score (nSPS) is 10.8. The van der Waals surface area contributed by atoms with E-state index in [2.05, 4.69) is 23.5 Å². The van der Waals surface area contributed by atoms with Crippen LogP contribution < -0.4 is 5.32 Å². The molecule has 0 aliphatic heterocycles. The van der Waals surface area contributed by atoms with Gasteiger partial charge in [-0.2, -0.15) is 5.10 Å². The zero-order chi connectivity index (χ0) is 10.9. The van der Waals surface area contributed by atoms with E-state index in [1.54, 1.807) is 7.11 Å². The van der Waals surface area contributed by atoms with E-state index in [4.69, 9.17) is 4.74 Å². The molecule has 0 saturated carbocycles. The van der Waals surface area contributed by atoms with Crippen LogP contribution in [0.1, 0.15) is 25.3 Å². The Morgan fingerprint density at radius 1 is 1.53 bits per heavy atom.